The van der Waals surface area contributed by atoms with E-state index < -0.39 is 65.8 Å². The maximum Gasteiger partial charge on any atom is 0.248 e. The Bertz CT molecular complexity index is 1640. The number of nitrogens with zero attached hydrogens (tertiary/aromatic N) is 1. The van der Waals surface area contributed by atoms with Crippen LogP contribution in [-0.2, 0) is 40.0 Å². The molecule has 0 radical (unpaired) electrons. The molecule has 12 N–H and O–H groups in total. The van der Waals surface area contributed by atoms with Gasteiger partial charge >= 0.3 is 0 Å². The first-order chi connectivity index (χ1) is 29.3. The van der Waals surface area contributed by atoms with E-state index in [-0.39, 0.29) is 41.8 Å². The van der Waals surface area contributed by atoms with E-state index in [1.54, 1.807) is 12.1 Å². The molecular weight excluding hydrogens is 783 g/mol. The Labute approximate surface area is 360 Å². The molecule has 17 heteroatoms. The van der Waals surface area contributed by atoms with Crippen molar-refractivity contribution in [1.82, 2.24) is 31.5 Å². The molecule has 1 aromatic rings. The molecule has 17 nitrogen and oxygen atoms in total. The largest absolute Gasteiger partial charge is 0.508 e. The van der Waals surface area contributed by atoms with Gasteiger partial charge in [-0.3, -0.25) is 33.6 Å². The Morgan fingerprint density at radius 1 is 0.721 bits per heavy atom. The van der Waals surface area contributed by atoms with E-state index in [9.17, 15) is 38.7 Å². The highest BCUT2D eigenvalue weighted by Gasteiger charge is 2.56. The van der Waals surface area contributed by atoms with E-state index in [4.69, 9.17) is 17.2 Å². The molecule has 340 valence electrons. The predicted molar refractivity (Wildman–Crippen MR) is 230 cm³/mol. The normalized spacial score (nSPS) is 23.1. The summed E-state index contributed by atoms with van der Waals surface area (Å²) < 4.78 is 0. The summed E-state index contributed by atoms with van der Waals surface area (Å²) in [6.45, 7) is 4.29. The number of primary amides is 1. The molecule has 0 spiro atoms. The minimum atomic E-state index is -1.01. The summed E-state index contributed by atoms with van der Waals surface area (Å²) in [5.74, 6) is -3.83. The van der Waals surface area contributed by atoms with Crippen LogP contribution in [0.25, 0.3) is 0 Å². The Hall–Kier alpha value is -4.77. The minimum absolute atomic E-state index is 0.0448. The molecule has 1 saturated heterocycles. The number of phenols is 1. The molecule has 7 amide bonds. The minimum Gasteiger partial charge on any atom is -0.508 e. The van der Waals surface area contributed by atoms with Crippen LogP contribution in [0.2, 0.25) is 0 Å². The van der Waals surface area contributed by atoms with Gasteiger partial charge in [-0.1, -0.05) is 57.6 Å². The lowest BCUT2D eigenvalue weighted by molar-refractivity contribution is -0.134. The molecule has 4 rings (SSSR count). The quantitative estimate of drug-likeness (QED) is 0.0502. The second kappa shape index (κ2) is 24.6. The number of rotatable bonds is 25. The molecule has 3 fully saturated rings. The predicted octanol–water partition coefficient (Wildman–Crippen LogP) is 1.27. The highest BCUT2D eigenvalue weighted by molar-refractivity contribution is 6.03. The summed E-state index contributed by atoms with van der Waals surface area (Å²) in [5.41, 5.74) is 17.7. The standard InChI is InChI=1S/C44H71N9O8/c1-3-4-15-34(50-42(59)36(19-10-12-25-46)52-41(58)30-13-5-7-16-32(30)48-27(2)54)38-44(61)53(38)37(26-28-20-22-29(55)23-21-28)43(60)49-33-17-8-6-14-31(33)40(57)51-35(39(47)56)18-9-11-24-45/h20-23,30-38,55H,3-19,24-26,45-46H2,1-2H3,(H2,47,56)(H,48,54)(H,49,60)(H,50,59)(H,51,57)(H,52,58)/t30?,31-,32+,33+,34+,35+,36+,37+,38?,53?/m0/s1. The molecule has 61 heavy (non-hydrogen) atoms. The van der Waals surface area contributed by atoms with Crippen LogP contribution in [0.3, 0.4) is 0 Å². The van der Waals surface area contributed by atoms with Gasteiger partial charge in [-0.2, -0.15) is 0 Å². The first kappa shape index (κ1) is 48.9. The fourth-order valence-electron chi connectivity index (χ4n) is 8.98. The zero-order chi connectivity index (χ0) is 44.5. The van der Waals surface area contributed by atoms with Crippen molar-refractivity contribution >= 4 is 41.4 Å². The van der Waals surface area contributed by atoms with E-state index in [1.165, 1.54) is 24.0 Å². The van der Waals surface area contributed by atoms with Gasteiger partial charge in [-0.25, -0.2) is 0 Å². The van der Waals surface area contributed by atoms with Crippen LogP contribution >= 0.6 is 0 Å². The van der Waals surface area contributed by atoms with Crippen molar-refractivity contribution in [2.75, 3.05) is 13.1 Å². The van der Waals surface area contributed by atoms with Crippen molar-refractivity contribution in [1.29, 1.82) is 0 Å². The number of benzene rings is 1. The highest BCUT2D eigenvalue weighted by atomic mass is 16.3. The van der Waals surface area contributed by atoms with E-state index >= 15 is 0 Å². The van der Waals surface area contributed by atoms with Crippen LogP contribution in [0.4, 0.5) is 0 Å². The number of nitrogens with two attached hydrogens (primary N) is 3. The average Bonchev–Trinajstić information content (AvgIpc) is 3.90. The lowest BCUT2D eigenvalue weighted by atomic mass is 9.83. The van der Waals surface area contributed by atoms with Crippen LogP contribution in [0, 0.1) is 11.8 Å². The number of nitrogens with one attached hydrogen (secondary N) is 5. The number of hydrogen-bond donors (Lipinski definition) is 9. The van der Waals surface area contributed by atoms with Crippen LogP contribution in [0.1, 0.15) is 129 Å². The van der Waals surface area contributed by atoms with Crippen molar-refractivity contribution in [3.63, 3.8) is 0 Å². The Morgan fingerprint density at radius 2 is 1.26 bits per heavy atom. The molecule has 9 atom stereocenters. The van der Waals surface area contributed by atoms with Crippen LogP contribution < -0.4 is 43.8 Å². The van der Waals surface area contributed by atoms with E-state index in [0.717, 1.165) is 32.1 Å². The molecule has 1 aliphatic heterocycles. The Kier molecular flexibility index (Phi) is 19.7. The third-order valence-electron chi connectivity index (χ3n) is 12.4. The van der Waals surface area contributed by atoms with Crippen LogP contribution in [-0.4, -0.2) is 107 Å². The van der Waals surface area contributed by atoms with Crippen molar-refractivity contribution in [2.24, 2.45) is 29.0 Å². The molecule has 2 unspecified atom stereocenters. The number of carbonyl (C=O) groups excluding carboxylic acids is 7. The van der Waals surface area contributed by atoms with Gasteiger partial charge in [0, 0.05) is 25.4 Å². The first-order valence-electron chi connectivity index (χ1n) is 22.6. The lowest BCUT2D eigenvalue weighted by Gasteiger charge is -2.33. The number of amides is 7. The smallest absolute Gasteiger partial charge is 0.248 e. The summed E-state index contributed by atoms with van der Waals surface area (Å²) in [4.78, 5) is 95.6. The number of phenolic OH excluding ortho intramolecular Hbond substituents is 1. The molecule has 1 heterocycles. The summed E-state index contributed by atoms with van der Waals surface area (Å²) in [7, 11) is 0. The summed E-state index contributed by atoms with van der Waals surface area (Å²) in [6.07, 6.45) is 10.7. The van der Waals surface area contributed by atoms with Gasteiger partial charge in [0.25, 0.3) is 0 Å². The summed E-state index contributed by atoms with van der Waals surface area (Å²) in [5, 5.41) is 24.8. The second-order valence-electron chi connectivity index (χ2n) is 17.1. The van der Waals surface area contributed by atoms with Crippen LogP contribution in [0.15, 0.2) is 24.3 Å². The van der Waals surface area contributed by atoms with Gasteiger partial charge in [0.2, 0.25) is 41.4 Å². The highest BCUT2D eigenvalue weighted by Crippen LogP contribution is 2.33. The summed E-state index contributed by atoms with van der Waals surface area (Å²) in [6, 6.07) is 1.16. The molecule has 0 aromatic heterocycles. The van der Waals surface area contributed by atoms with Gasteiger partial charge in [0.1, 0.15) is 29.9 Å². The van der Waals surface area contributed by atoms with Crippen molar-refractivity contribution in [3.05, 3.63) is 29.8 Å². The van der Waals surface area contributed by atoms with Gasteiger partial charge in [0.05, 0.1) is 17.9 Å². The number of aromatic hydroxyl groups is 1. The monoisotopic (exact) mass is 854 g/mol. The number of carbonyl (C=O) groups is 7. The molecule has 1 aromatic carbocycles. The van der Waals surface area contributed by atoms with Gasteiger partial charge in [-0.15, -0.1) is 0 Å². The molecule has 0 bridgehead atoms. The fourth-order valence-corrected chi connectivity index (χ4v) is 8.98. The van der Waals surface area contributed by atoms with Gasteiger partial charge < -0.3 is 53.8 Å². The topological polar surface area (TPSA) is 281 Å². The molecule has 2 aliphatic carbocycles. The Morgan fingerprint density at radius 3 is 1.80 bits per heavy atom. The fraction of sp³-hybridized carbons (Fsp3) is 0.705. The first-order valence-corrected chi connectivity index (χ1v) is 22.6. The van der Waals surface area contributed by atoms with Crippen molar-refractivity contribution in [2.45, 2.75) is 172 Å². The lowest BCUT2D eigenvalue weighted by Crippen LogP contribution is -2.56. The van der Waals surface area contributed by atoms with Gasteiger partial charge in [0.15, 0.2) is 0 Å². The third kappa shape index (κ3) is 14.7. The maximum atomic E-state index is 14.5. The van der Waals surface area contributed by atoms with Crippen LogP contribution in [0.5, 0.6) is 5.75 Å². The van der Waals surface area contributed by atoms with Crippen molar-refractivity contribution in [3.8, 4) is 5.75 Å². The Balaban J connectivity index is 1.55. The second-order valence-corrected chi connectivity index (χ2v) is 17.1. The molecule has 3 aliphatic rings. The summed E-state index contributed by atoms with van der Waals surface area (Å²) >= 11 is 0. The van der Waals surface area contributed by atoms with E-state index in [0.29, 0.717) is 95.7 Å². The van der Waals surface area contributed by atoms with Gasteiger partial charge in [-0.05, 0) is 101 Å². The van der Waals surface area contributed by atoms with Crippen molar-refractivity contribution < 1.29 is 38.7 Å². The number of unbranched alkanes of at least 4 members (excludes halogenated alkanes) is 3. The maximum absolute atomic E-state index is 14.5. The van der Waals surface area contributed by atoms with E-state index in [2.05, 4.69) is 26.6 Å². The zero-order valence-electron chi connectivity index (χ0n) is 36.1. The third-order valence-corrected chi connectivity index (χ3v) is 12.4. The number of hydrogen-bond acceptors (Lipinski definition) is 10. The SMILES string of the molecule is CCCC[C@@H](NC(=O)[C@@H](CCCCN)NC(=O)C1CCCC[C@H]1NC(C)=O)C1C(=O)N1[C@H](Cc1ccc(O)cc1)C(=O)N[C@@H]1CCCC[C@@H]1C(=O)N[C@H](CCCCN)C(N)=O. The molecule has 2 saturated carbocycles. The molecular formula is C44H71N9O8. The average molecular weight is 854 g/mol. The zero-order valence-corrected chi connectivity index (χ0v) is 36.1. The van der Waals surface area contributed by atoms with E-state index in [1.807, 2.05) is 6.92 Å².